The molecular formula is C17H22N2O. The Kier molecular flexibility index (Phi) is 3.21. The molecule has 0 unspecified atom stereocenters. The van der Waals surface area contributed by atoms with Gasteiger partial charge >= 0.3 is 0 Å². The van der Waals surface area contributed by atoms with Crippen LogP contribution in [-0.4, -0.2) is 23.5 Å². The van der Waals surface area contributed by atoms with E-state index in [2.05, 4.69) is 12.1 Å². The van der Waals surface area contributed by atoms with Crippen LogP contribution in [0.2, 0.25) is 0 Å². The van der Waals surface area contributed by atoms with Crippen molar-refractivity contribution in [3.63, 3.8) is 0 Å². The first kappa shape index (κ1) is 12.4. The molecule has 0 amide bonds. The summed E-state index contributed by atoms with van der Waals surface area (Å²) < 4.78 is 5.85. The smallest absolute Gasteiger partial charge is 0.235 e. The van der Waals surface area contributed by atoms with Gasteiger partial charge in [-0.25, -0.2) is 9.98 Å². The molecular weight excluding hydrogens is 248 g/mol. The molecule has 2 heterocycles. The Labute approximate surface area is 120 Å². The molecule has 0 aromatic carbocycles. The molecule has 20 heavy (non-hydrogen) atoms. The molecule has 1 atom stereocenters. The van der Waals surface area contributed by atoms with Gasteiger partial charge < -0.3 is 4.74 Å². The van der Waals surface area contributed by atoms with Crippen LogP contribution in [0.4, 0.5) is 0 Å². The third kappa shape index (κ3) is 2.46. The topological polar surface area (TPSA) is 34.5 Å². The molecule has 0 bridgehead atoms. The maximum Gasteiger partial charge on any atom is 0.235 e. The average molecular weight is 270 g/mol. The normalized spacial score (nSPS) is 27.2. The van der Waals surface area contributed by atoms with E-state index >= 15 is 0 Å². The molecule has 3 heteroatoms. The van der Waals surface area contributed by atoms with Crippen LogP contribution < -0.4 is 0 Å². The predicted molar refractivity (Wildman–Crippen MR) is 79.1 cm³/mol. The standard InChI is InChI=1S/C17H22N2O/c1-2-5-12(6-3-1)16-11-20-17(19-16)15-8-4-7-14(18-15)13-9-10-13/h4,7-8,12-13,16H,1-3,5-6,9-11H2/t16-/m0/s1. The van der Waals surface area contributed by atoms with Crippen LogP contribution in [0.3, 0.4) is 0 Å². The summed E-state index contributed by atoms with van der Waals surface area (Å²) in [6, 6.07) is 6.63. The summed E-state index contributed by atoms with van der Waals surface area (Å²) in [6.45, 7) is 0.759. The lowest BCUT2D eigenvalue weighted by Gasteiger charge is -2.24. The fourth-order valence-electron chi connectivity index (χ4n) is 3.47. The molecule has 1 aromatic heterocycles. The predicted octanol–water partition coefficient (Wildman–Crippen LogP) is 3.68. The molecule has 0 saturated heterocycles. The first-order chi connectivity index (χ1) is 9.90. The van der Waals surface area contributed by atoms with Gasteiger partial charge in [0.15, 0.2) is 0 Å². The summed E-state index contributed by atoms with van der Waals surface area (Å²) in [5, 5.41) is 0. The zero-order valence-corrected chi connectivity index (χ0v) is 11.9. The maximum atomic E-state index is 5.85. The van der Waals surface area contributed by atoms with Gasteiger partial charge in [-0.3, -0.25) is 0 Å². The van der Waals surface area contributed by atoms with E-state index in [1.165, 1.54) is 50.6 Å². The largest absolute Gasteiger partial charge is 0.474 e. The highest BCUT2D eigenvalue weighted by Gasteiger charge is 2.30. The minimum absolute atomic E-state index is 0.372. The molecule has 106 valence electrons. The lowest BCUT2D eigenvalue weighted by atomic mass is 9.84. The van der Waals surface area contributed by atoms with Gasteiger partial charge in [-0.2, -0.15) is 0 Å². The number of ether oxygens (including phenoxy) is 1. The lowest BCUT2D eigenvalue weighted by molar-refractivity contribution is 0.240. The van der Waals surface area contributed by atoms with E-state index in [1.54, 1.807) is 0 Å². The first-order valence-electron chi connectivity index (χ1n) is 8.08. The summed E-state index contributed by atoms with van der Waals surface area (Å²) >= 11 is 0. The SMILES string of the molecule is c1cc(C2=N[C@H](C3CCCCC3)CO2)nc(C2CC2)c1. The third-order valence-corrected chi connectivity index (χ3v) is 4.85. The average Bonchev–Trinajstić information content (AvgIpc) is 3.25. The summed E-state index contributed by atoms with van der Waals surface area (Å²) in [4.78, 5) is 9.58. The van der Waals surface area contributed by atoms with Crippen molar-refractivity contribution in [1.82, 2.24) is 4.98 Å². The van der Waals surface area contributed by atoms with Gasteiger partial charge in [-0.15, -0.1) is 0 Å². The third-order valence-electron chi connectivity index (χ3n) is 4.85. The molecule has 4 rings (SSSR count). The molecule has 0 radical (unpaired) electrons. The lowest BCUT2D eigenvalue weighted by Crippen LogP contribution is -2.22. The Hall–Kier alpha value is -1.38. The summed E-state index contributed by atoms with van der Waals surface area (Å²) in [6.07, 6.45) is 9.33. The highest BCUT2D eigenvalue weighted by atomic mass is 16.5. The minimum atomic E-state index is 0.372. The first-order valence-corrected chi connectivity index (χ1v) is 8.08. The molecule has 2 aliphatic carbocycles. The van der Waals surface area contributed by atoms with Crippen LogP contribution in [0, 0.1) is 5.92 Å². The Morgan fingerprint density at radius 3 is 2.65 bits per heavy atom. The Morgan fingerprint density at radius 2 is 1.85 bits per heavy atom. The molecule has 0 N–H and O–H groups in total. The molecule has 0 spiro atoms. The second-order valence-electron chi connectivity index (χ2n) is 6.43. The highest BCUT2D eigenvalue weighted by Crippen LogP contribution is 2.39. The van der Waals surface area contributed by atoms with Crippen molar-refractivity contribution >= 4 is 5.90 Å². The molecule has 1 aliphatic heterocycles. The maximum absolute atomic E-state index is 5.85. The van der Waals surface area contributed by atoms with Gasteiger partial charge in [-0.05, 0) is 43.7 Å². The second kappa shape index (κ2) is 5.19. The number of pyridine rings is 1. The van der Waals surface area contributed by atoms with Crippen molar-refractivity contribution in [1.29, 1.82) is 0 Å². The van der Waals surface area contributed by atoms with Crippen molar-refractivity contribution in [3.05, 3.63) is 29.6 Å². The summed E-state index contributed by atoms with van der Waals surface area (Å²) in [5.41, 5.74) is 2.16. The van der Waals surface area contributed by atoms with E-state index in [9.17, 15) is 0 Å². The van der Waals surface area contributed by atoms with Crippen molar-refractivity contribution in [3.8, 4) is 0 Å². The van der Waals surface area contributed by atoms with Crippen molar-refractivity contribution in [2.24, 2.45) is 10.9 Å². The van der Waals surface area contributed by atoms with Crippen molar-refractivity contribution in [2.45, 2.75) is 56.9 Å². The number of nitrogens with zero attached hydrogens (tertiary/aromatic N) is 2. The van der Waals surface area contributed by atoms with Crippen LogP contribution in [0.5, 0.6) is 0 Å². The molecule has 2 fully saturated rings. The van der Waals surface area contributed by atoms with Gasteiger partial charge in [-0.1, -0.05) is 25.3 Å². The minimum Gasteiger partial charge on any atom is -0.474 e. The summed E-state index contributed by atoms with van der Waals surface area (Å²) in [5.74, 6) is 2.20. The number of aliphatic imine (C=N–C) groups is 1. The highest BCUT2D eigenvalue weighted by molar-refractivity contribution is 5.93. The fourth-order valence-corrected chi connectivity index (χ4v) is 3.47. The van der Waals surface area contributed by atoms with Crippen LogP contribution in [-0.2, 0) is 4.74 Å². The van der Waals surface area contributed by atoms with E-state index in [1.807, 2.05) is 6.07 Å². The number of rotatable bonds is 3. The summed E-state index contributed by atoms with van der Waals surface area (Å²) in [7, 11) is 0. The molecule has 3 nitrogen and oxygen atoms in total. The fraction of sp³-hybridized carbons (Fsp3) is 0.647. The van der Waals surface area contributed by atoms with Gasteiger partial charge in [0.1, 0.15) is 12.3 Å². The Morgan fingerprint density at radius 1 is 1.00 bits per heavy atom. The quantitative estimate of drug-likeness (QED) is 0.839. The van der Waals surface area contributed by atoms with Crippen LogP contribution >= 0.6 is 0 Å². The Bertz CT molecular complexity index is 515. The molecule has 3 aliphatic rings. The molecule has 1 aromatic rings. The zero-order valence-electron chi connectivity index (χ0n) is 11.9. The van der Waals surface area contributed by atoms with Gasteiger partial charge in [0, 0.05) is 11.6 Å². The van der Waals surface area contributed by atoms with Gasteiger partial charge in [0.25, 0.3) is 0 Å². The van der Waals surface area contributed by atoms with Crippen molar-refractivity contribution in [2.75, 3.05) is 6.61 Å². The van der Waals surface area contributed by atoms with Crippen LogP contribution in [0.25, 0.3) is 0 Å². The second-order valence-corrected chi connectivity index (χ2v) is 6.43. The number of hydrogen-bond acceptors (Lipinski definition) is 3. The van der Waals surface area contributed by atoms with E-state index in [-0.39, 0.29) is 0 Å². The molecule has 2 saturated carbocycles. The number of hydrogen-bond donors (Lipinski definition) is 0. The van der Waals surface area contributed by atoms with Crippen LogP contribution in [0.15, 0.2) is 23.2 Å². The zero-order chi connectivity index (χ0) is 13.4. The monoisotopic (exact) mass is 270 g/mol. The Balaban J connectivity index is 1.51. The van der Waals surface area contributed by atoms with E-state index in [4.69, 9.17) is 14.7 Å². The van der Waals surface area contributed by atoms with Crippen LogP contribution in [0.1, 0.15) is 62.3 Å². The van der Waals surface area contributed by atoms with E-state index in [0.717, 1.165) is 24.1 Å². The number of aromatic nitrogens is 1. The van der Waals surface area contributed by atoms with E-state index in [0.29, 0.717) is 12.0 Å². The van der Waals surface area contributed by atoms with E-state index < -0.39 is 0 Å². The van der Waals surface area contributed by atoms with Crippen molar-refractivity contribution < 1.29 is 4.74 Å². The van der Waals surface area contributed by atoms with Gasteiger partial charge in [0.2, 0.25) is 5.90 Å². The van der Waals surface area contributed by atoms with Gasteiger partial charge in [0.05, 0.1) is 6.04 Å².